The van der Waals surface area contributed by atoms with E-state index in [-0.39, 0.29) is 17.8 Å². The molecule has 2 atom stereocenters. The van der Waals surface area contributed by atoms with Gasteiger partial charge in [0.25, 0.3) is 0 Å². The molecule has 1 saturated carbocycles. The molecule has 0 heterocycles. The van der Waals surface area contributed by atoms with Crippen molar-refractivity contribution in [1.29, 1.82) is 0 Å². The minimum atomic E-state index is -0.209. The summed E-state index contributed by atoms with van der Waals surface area (Å²) in [7, 11) is 0. The van der Waals surface area contributed by atoms with Crippen LogP contribution >= 0.6 is 0 Å². The summed E-state index contributed by atoms with van der Waals surface area (Å²) < 4.78 is 13.6. The van der Waals surface area contributed by atoms with E-state index >= 15 is 0 Å². The van der Waals surface area contributed by atoms with Crippen LogP contribution < -0.4 is 0 Å². The van der Waals surface area contributed by atoms with Crippen LogP contribution in [0.1, 0.15) is 24.3 Å². The van der Waals surface area contributed by atoms with Crippen molar-refractivity contribution in [3.63, 3.8) is 0 Å². The normalized spacial score (nSPS) is 23.4. The van der Waals surface area contributed by atoms with E-state index in [0.717, 1.165) is 23.8 Å². The zero-order valence-electron chi connectivity index (χ0n) is 9.27. The maximum atomic E-state index is 13.6. The first-order chi connectivity index (χ1) is 8.31. The molecule has 0 spiro atoms. The van der Waals surface area contributed by atoms with E-state index in [0.29, 0.717) is 5.39 Å². The number of rotatable bonds is 2. The summed E-state index contributed by atoms with van der Waals surface area (Å²) in [5.41, 5.74) is 1.05. The molecule has 0 amide bonds. The third-order valence-corrected chi connectivity index (χ3v) is 3.68. The fraction of sp³-hybridized carbons (Fsp3) is 0.286. The zero-order chi connectivity index (χ0) is 11.8. The van der Waals surface area contributed by atoms with Gasteiger partial charge in [-0.25, -0.2) is 4.39 Å². The van der Waals surface area contributed by atoms with E-state index in [1.165, 1.54) is 6.07 Å². The Hall–Kier alpha value is -1.77. The molecule has 0 saturated heterocycles. The van der Waals surface area contributed by atoms with Crippen LogP contribution in [0.25, 0.3) is 10.8 Å². The molecule has 0 radical (unpaired) electrons. The topological polar surface area (TPSA) is 29.4 Å². The highest BCUT2D eigenvalue weighted by Gasteiger charge is 2.34. The molecule has 2 nitrogen and oxygen atoms in total. The SMILES string of the molecule is O=NC1CCC1c1cccc2c(F)cccc12. The standard InChI is InChI=1S/C14H12FNO/c15-13-6-2-4-9-10(3-1-5-11(9)13)12-7-8-14(12)16-17/h1-6,12,14H,7-8H2. The number of hydrogen-bond donors (Lipinski definition) is 0. The third kappa shape index (κ3) is 1.54. The molecule has 1 fully saturated rings. The lowest BCUT2D eigenvalue weighted by Gasteiger charge is -2.32. The molecule has 17 heavy (non-hydrogen) atoms. The molecule has 3 rings (SSSR count). The largest absolute Gasteiger partial charge is 0.206 e. The van der Waals surface area contributed by atoms with Crippen LogP contribution in [0.4, 0.5) is 4.39 Å². The highest BCUT2D eigenvalue weighted by Crippen LogP contribution is 2.42. The van der Waals surface area contributed by atoms with Gasteiger partial charge in [-0.2, -0.15) is 4.91 Å². The number of fused-ring (bicyclic) bond motifs is 1. The molecule has 3 heteroatoms. The van der Waals surface area contributed by atoms with Gasteiger partial charge < -0.3 is 0 Å². The fourth-order valence-electron chi connectivity index (χ4n) is 2.59. The third-order valence-electron chi connectivity index (χ3n) is 3.68. The predicted octanol–water partition coefficient (Wildman–Crippen LogP) is 3.99. The van der Waals surface area contributed by atoms with Crippen LogP contribution in [0.15, 0.2) is 41.6 Å². The highest BCUT2D eigenvalue weighted by atomic mass is 19.1. The van der Waals surface area contributed by atoms with Gasteiger partial charge in [0, 0.05) is 11.3 Å². The van der Waals surface area contributed by atoms with E-state index < -0.39 is 0 Å². The minimum Gasteiger partial charge on any atom is -0.206 e. The first-order valence-electron chi connectivity index (χ1n) is 5.81. The molecule has 0 bridgehead atoms. The number of halogens is 1. The summed E-state index contributed by atoms with van der Waals surface area (Å²) in [4.78, 5) is 10.6. The van der Waals surface area contributed by atoms with E-state index in [1.54, 1.807) is 12.1 Å². The van der Waals surface area contributed by atoms with Crippen molar-refractivity contribution in [1.82, 2.24) is 0 Å². The van der Waals surface area contributed by atoms with Gasteiger partial charge in [0.05, 0.1) is 6.04 Å². The molecule has 2 unspecified atom stereocenters. The maximum Gasteiger partial charge on any atom is 0.131 e. The highest BCUT2D eigenvalue weighted by molar-refractivity contribution is 5.86. The Labute approximate surface area is 98.4 Å². The number of hydrogen-bond acceptors (Lipinski definition) is 2. The van der Waals surface area contributed by atoms with Gasteiger partial charge in [-0.3, -0.25) is 0 Å². The Bertz CT molecular complexity index is 581. The van der Waals surface area contributed by atoms with Gasteiger partial charge in [-0.1, -0.05) is 35.5 Å². The quantitative estimate of drug-likeness (QED) is 0.716. The molecule has 1 aliphatic rings. The number of nitroso groups, excluding NO2 is 1. The average molecular weight is 229 g/mol. The summed E-state index contributed by atoms with van der Waals surface area (Å²) in [5, 5.41) is 4.67. The van der Waals surface area contributed by atoms with E-state index in [2.05, 4.69) is 5.18 Å². The Balaban J connectivity index is 2.17. The van der Waals surface area contributed by atoms with Crippen molar-refractivity contribution in [2.24, 2.45) is 5.18 Å². The second-order valence-electron chi connectivity index (χ2n) is 4.54. The molecule has 0 N–H and O–H groups in total. The van der Waals surface area contributed by atoms with Crippen molar-refractivity contribution in [2.75, 3.05) is 0 Å². The molecular formula is C14H12FNO. The predicted molar refractivity (Wildman–Crippen MR) is 65.5 cm³/mol. The van der Waals surface area contributed by atoms with Gasteiger partial charge in [0.2, 0.25) is 0 Å². The first-order valence-corrected chi connectivity index (χ1v) is 5.81. The van der Waals surface area contributed by atoms with Crippen LogP contribution in [0.2, 0.25) is 0 Å². The van der Waals surface area contributed by atoms with Crippen LogP contribution in [0, 0.1) is 10.7 Å². The zero-order valence-corrected chi connectivity index (χ0v) is 9.27. The first kappa shape index (κ1) is 10.4. The van der Waals surface area contributed by atoms with E-state index in [9.17, 15) is 9.30 Å². The van der Waals surface area contributed by atoms with Crippen molar-refractivity contribution in [3.8, 4) is 0 Å². The van der Waals surface area contributed by atoms with Crippen LogP contribution in [-0.4, -0.2) is 6.04 Å². The van der Waals surface area contributed by atoms with Gasteiger partial charge >= 0.3 is 0 Å². The summed E-state index contributed by atoms with van der Waals surface area (Å²) >= 11 is 0. The van der Waals surface area contributed by atoms with Crippen molar-refractivity contribution in [3.05, 3.63) is 52.7 Å². The molecular weight excluding hydrogens is 217 g/mol. The number of benzene rings is 2. The number of nitrogens with zero attached hydrogens (tertiary/aromatic N) is 1. The second-order valence-corrected chi connectivity index (χ2v) is 4.54. The Morgan fingerprint density at radius 2 is 1.82 bits per heavy atom. The lowest BCUT2D eigenvalue weighted by atomic mass is 9.74. The Morgan fingerprint density at radius 3 is 2.53 bits per heavy atom. The van der Waals surface area contributed by atoms with Gasteiger partial charge in [0.15, 0.2) is 0 Å². The Morgan fingerprint density at radius 1 is 1.06 bits per heavy atom. The smallest absolute Gasteiger partial charge is 0.131 e. The van der Waals surface area contributed by atoms with E-state index in [1.807, 2.05) is 18.2 Å². The Kier molecular flexibility index (Phi) is 2.39. The molecule has 0 aliphatic heterocycles. The second kappa shape index (κ2) is 3.91. The van der Waals surface area contributed by atoms with Crippen LogP contribution in [0.5, 0.6) is 0 Å². The van der Waals surface area contributed by atoms with Gasteiger partial charge in [-0.15, -0.1) is 0 Å². The lowest BCUT2D eigenvalue weighted by molar-refractivity contribution is 0.348. The molecule has 86 valence electrons. The van der Waals surface area contributed by atoms with Crippen LogP contribution in [0.3, 0.4) is 0 Å². The summed E-state index contributed by atoms with van der Waals surface area (Å²) in [6.07, 6.45) is 1.81. The minimum absolute atomic E-state index is 0.135. The summed E-state index contributed by atoms with van der Waals surface area (Å²) in [6.45, 7) is 0. The van der Waals surface area contributed by atoms with Crippen LogP contribution in [-0.2, 0) is 0 Å². The fourth-order valence-corrected chi connectivity index (χ4v) is 2.59. The molecule has 2 aromatic carbocycles. The van der Waals surface area contributed by atoms with Gasteiger partial charge in [-0.05, 0) is 29.9 Å². The molecule has 1 aliphatic carbocycles. The molecule has 0 aromatic heterocycles. The summed E-state index contributed by atoms with van der Waals surface area (Å²) in [5.74, 6) is -0.0442. The van der Waals surface area contributed by atoms with E-state index in [4.69, 9.17) is 0 Å². The van der Waals surface area contributed by atoms with Gasteiger partial charge in [0.1, 0.15) is 5.82 Å². The lowest BCUT2D eigenvalue weighted by Crippen LogP contribution is -2.27. The summed E-state index contributed by atoms with van der Waals surface area (Å²) in [6, 6.07) is 10.5. The maximum absolute atomic E-state index is 13.6. The average Bonchev–Trinajstić information content (AvgIpc) is 2.30. The van der Waals surface area contributed by atoms with Crippen molar-refractivity contribution < 1.29 is 4.39 Å². The monoisotopic (exact) mass is 229 g/mol. The van der Waals surface area contributed by atoms with Crippen molar-refractivity contribution in [2.45, 2.75) is 24.8 Å². The van der Waals surface area contributed by atoms with Crippen molar-refractivity contribution >= 4 is 10.8 Å². The molecule has 2 aromatic rings.